The van der Waals surface area contributed by atoms with Crippen molar-refractivity contribution in [2.75, 3.05) is 0 Å². The van der Waals surface area contributed by atoms with Crippen molar-refractivity contribution in [1.82, 2.24) is 9.97 Å². The van der Waals surface area contributed by atoms with Gasteiger partial charge in [-0.2, -0.15) is 0 Å². The van der Waals surface area contributed by atoms with Gasteiger partial charge in [0.1, 0.15) is 5.52 Å². The fourth-order valence-electron chi connectivity index (χ4n) is 5.79. The lowest BCUT2D eigenvalue weighted by molar-refractivity contribution is 0.620. The zero-order valence-corrected chi connectivity index (χ0v) is 23.2. The molecule has 8 rings (SSSR count). The van der Waals surface area contributed by atoms with Crippen LogP contribution in [0.1, 0.15) is 0 Å². The van der Waals surface area contributed by atoms with E-state index in [4.69, 9.17) is 21.0 Å². The number of hydrogen-bond donors (Lipinski definition) is 0. The SMILES string of the molecule is Clc1ccc(-c2nc3c(-c4ccc(-c5cccnc5)cc4)cc(-c4cc5ccccc5c5ccccc45)cc3o2)cc1. The highest BCUT2D eigenvalue weighted by molar-refractivity contribution is 6.30. The number of hydrogen-bond acceptors (Lipinski definition) is 3. The Labute approximate surface area is 247 Å². The summed E-state index contributed by atoms with van der Waals surface area (Å²) in [4.78, 5) is 9.28. The molecule has 2 heterocycles. The molecule has 0 unspecified atom stereocenters. The first kappa shape index (κ1) is 24.5. The van der Waals surface area contributed by atoms with Gasteiger partial charge in [0.2, 0.25) is 5.89 Å². The minimum atomic E-state index is 0.565. The molecule has 0 saturated carbocycles. The van der Waals surface area contributed by atoms with Crippen LogP contribution in [0.2, 0.25) is 5.02 Å². The molecular weight excluding hydrogens is 536 g/mol. The molecule has 0 N–H and O–H groups in total. The second kappa shape index (κ2) is 9.99. The van der Waals surface area contributed by atoms with Crippen LogP contribution in [0, 0.1) is 0 Å². The number of benzene rings is 6. The molecule has 0 aliphatic rings. The average Bonchev–Trinajstić information content (AvgIpc) is 3.49. The Morgan fingerprint density at radius 2 is 1.24 bits per heavy atom. The average molecular weight is 559 g/mol. The fourth-order valence-corrected chi connectivity index (χ4v) is 5.92. The van der Waals surface area contributed by atoms with Gasteiger partial charge in [-0.3, -0.25) is 4.98 Å². The first-order valence-corrected chi connectivity index (χ1v) is 14.2. The third kappa shape index (κ3) is 4.23. The minimum absolute atomic E-state index is 0.565. The lowest BCUT2D eigenvalue weighted by Crippen LogP contribution is -1.88. The molecule has 0 radical (unpaired) electrons. The van der Waals surface area contributed by atoms with E-state index in [-0.39, 0.29) is 0 Å². The lowest BCUT2D eigenvalue weighted by Gasteiger charge is -2.13. The topological polar surface area (TPSA) is 38.9 Å². The largest absolute Gasteiger partial charge is 0.436 e. The Kier molecular flexibility index (Phi) is 5.83. The Morgan fingerprint density at radius 3 is 2.02 bits per heavy atom. The summed E-state index contributed by atoms with van der Waals surface area (Å²) in [7, 11) is 0. The van der Waals surface area contributed by atoms with Crippen LogP contribution in [-0.2, 0) is 0 Å². The molecule has 0 fully saturated rings. The molecule has 0 atom stereocenters. The zero-order chi connectivity index (χ0) is 28.0. The molecule has 0 aliphatic heterocycles. The summed E-state index contributed by atoms with van der Waals surface area (Å²) in [5.74, 6) is 0.565. The number of rotatable bonds is 4. The molecule has 0 spiro atoms. The fraction of sp³-hybridized carbons (Fsp3) is 0. The monoisotopic (exact) mass is 558 g/mol. The maximum absolute atomic E-state index is 6.45. The predicted molar refractivity (Wildman–Crippen MR) is 174 cm³/mol. The molecule has 2 aromatic heterocycles. The summed E-state index contributed by atoms with van der Waals surface area (Å²) in [5, 5.41) is 5.55. The molecule has 42 heavy (non-hydrogen) atoms. The van der Waals surface area contributed by atoms with Crippen molar-refractivity contribution in [3.05, 3.63) is 145 Å². The van der Waals surface area contributed by atoms with E-state index < -0.39 is 0 Å². The van der Waals surface area contributed by atoms with Gasteiger partial charge in [-0.25, -0.2) is 4.98 Å². The Hall–Kier alpha value is -5.25. The standard InChI is InChI=1S/C38H23ClN2O/c39-30-17-15-26(16-18-30)38-41-37-35(25-13-11-24(12-14-25)28-7-5-19-40-23-28)21-29(22-36(37)42-38)34-20-27-6-1-2-8-31(27)32-9-3-4-10-33(32)34/h1-23H. The Bertz CT molecular complexity index is 2240. The van der Waals surface area contributed by atoms with Crippen LogP contribution in [0.25, 0.3) is 77.5 Å². The number of aromatic nitrogens is 2. The molecule has 0 amide bonds. The number of pyridine rings is 1. The third-order valence-electron chi connectivity index (χ3n) is 7.86. The third-order valence-corrected chi connectivity index (χ3v) is 8.11. The molecule has 0 aliphatic carbocycles. The first-order chi connectivity index (χ1) is 20.7. The summed E-state index contributed by atoms with van der Waals surface area (Å²) in [5.41, 5.74) is 8.95. The second-order valence-electron chi connectivity index (χ2n) is 10.4. The van der Waals surface area contributed by atoms with Crippen molar-refractivity contribution in [2.24, 2.45) is 0 Å². The normalized spacial score (nSPS) is 11.5. The van der Waals surface area contributed by atoms with Gasteiger partial charge >= 0.3 is 0 Å². The zero-order valence-electron chi connectivity index (χ0n) is 22.5. The van der Waals surface area contributed by atoms with Gasteiger partial charge in [-0.1, -0.05) is 90.5 Å². The van der Waals surface area contributed by atoms with Gasteiger partial charge in [0.15, 0.2) is 5.58 Å². The van der Waals surface area contributed by atoms with Crippen LogP contribution >= 0.6 is 11.6 Å². The molecule has 198 valence electrons. The van der Waals surface area contributed by atoms with Gasteiger partial charge in [-0.05, 0) is 97.9 Å². The highest BCUT2D eigenvalue weighted by Gasteiger charge is 2.18. The van der Waals surface area contributed by atoms with E-state index in [1.807, 2.05) is 36.5 Å². The highest BCUT2D eigenvalue weighted by atomic mass is 35.5. The van der Waals surface area contributed by atoms with Crippen molar-refractivity contribution in [1.29, 1.82) is 0 Å². The summed E-state index contributed by atoms with van der Waals surface area (Å²) in [6, 6.07) is 44.0. The van der Waals surface area contributed by atoms with E-state index in [0.717, 1.165) is 50.0 Å². The van der Waals surface area contributed by atoms with Gasteiger partial charge in [0.05, 0.1) is 0 Å². The quantitative estimate of drug-likeness (QED) is 0.202. The van der Waals surface area contributed by atoms with Crippen molar-refractivity contribution < 1.29 is 4.42 Å². The first-order valence-electron chi connectivity index (χ1n) is 13.8. The molecule has 6 aromatic carbocycles. The van der Waals surface area contributed by atoms with Crippen LogP contribution in [0.5, 0.6) is 0 Å². The number of halogens is 1. The van der Waals surface area contributed by atoms with E-state index in [2.05, 4.69) is 102 Å². The molecule has 8 aromatic rings. The molecule has 4 heteroatoms. The molecule has 3 nitrogen and oxygen atoms in total. The van der Waals surface area contributed by atoms with Gasteiger partial charge in [-0.15, -0.1) is 0 Å². The summed E-state index contributed by atoms with van der Waals surface area (Å²) in [6.07, 6.45) is 3.67. The van der Waals surface area contributed by atoms with E-state index in [1.54, 1.807) is 6.20 Å². The minimum Gasteiger partial charge on any atom is -0.436 e. The molecule has 0 saturated heterocycles. The van der Waals surface area contributed by atoms with Crippen molar-refractivity contribution in [2.45, 2.75) is 0 Å². The molecular formula is C38H23ClN2O. The van der Waals surface area contributed by atoms with Crippen molar-refractivity contribution >= 4 is 44.2 Å². The summed E-state index contributed by atoms with van der Waals surface area (Å²) in [6.45, 7) is 0. The summed E-state index contributed by atoms with van der Waals surface area (Å²) >= 11 is 6.16. The van der Waals surface area contributed by atoms with Crippen LogP contribution in [0.4, 0.5) is 0 Å². The summed E-state index contributed by atoms with van der Waals surface area (Å²) < 4.78 is 6.45. The maximum atomic E-state index is 6.45. The molecule has 0 bridgehead atoms. The van der Waals surface area contributed by atoms with Crippen LogP contribution in [0.15, 0.2) is 144 Å². The van der Waals surface area contributed by atoms with Crippen molar-refractivity contribution in [3.63, 3.8) is 0 Å². The Balaban J connectivity index is 1.37. The highest BCUT2D eigenvalue weighted by Crippen LogP contribution is 2.40. The number of oxazole rings is 1. The number of fused-ring (bicyclic) bond motifs is 4. The van der Waals surface area contributed by atoms with Crippen LogP contribution in [-0.4, -0.2) is 9.97 Å². The van der Waals surface area contributed by atoms with E-state index >= 15 is 0 Å². The lowest BCUT2D eigenvalue weighted by atomic mass is 9.91. The predicted octanol–water partition coefficient (Wildman–Crippen LogP) is 10.9. The van der Waals surface area contributed by atoms with Crippen molar-refractivity contribution in [3.8, 4) is 44.8 Å². The van der Waals surface area contributed by atoms with Gasteiger partial charge < -0.3 is 4.42 Å². The smallest absolute Gasteiger partial charge is 0.227 e. The number of nitrogens with zero attached hydrogens (tertiary/aromatic N) is 2. The maximum Gasteiger partial charge on any atom is 0.227 e. The Morgan fingerprint density at radius 1 is 0.524 bits per heavy atom. The van der Waals surface area contributed by atoms with Gasteiger partial charge in [0.25, 0.3) is 0 Å². The van der Waals surface area contributed by atoms with E-state index in [9.17, 15) is 0 Å². The second-order valence-corrected chi connectivity index (χ2v) is 10.8. The van der Waals surface area contributed by atoms with Crippen LogP contribution in [0.3, 0.4) is 0 Å². The van der Waals surface area contributed by atoms with E-state index in [1.165, 1.54) is 21.5 Å². The van der Waals surface area contributed by atoms with Gasteiger partial charge in [0, 0.05) is 28.5 Å². The van der Waals surface area contributed by atoms with E-state index in [0.29, 0.717) is 10.9 Å². The van der Waals surface area contributed by atoms with Crippen LogP contribution < -0.4 is 0 Å².